The molecule has 0 spiro atoms. The first-order chi connectivity index (χ1) is 9.81. The van der Waals surface area contributed by atoms with Gasteiger partial charge < -0.3 is 9.88 Å². The first kappa shape index (κ1) is 12.4. The third-order valence-electron chi connectivity index (χ3n) is 4.37. The smallest absolute Gasteiger partial charge is 0.226 e. The average Bonchev–Trinajstić information content (AvgIpc) is 2.94. The number of nitrogens with zero attached hydrogens (tertiary/aromatic N) is 4. The lowest BCUT2D eigenvalue weighted by Crippen LogP contribution is -2.08. The minimum Gasteiger partial charge on any atom is -0.368 e. The lowest BCUT2D eigenvalue weighted by Gasteiger charge is -2.12. The van der Waals surface area contributed by atoms with Crippen LogP contribution >= 0.6 is 11.6 Å². The lowest BCUT2D eigenvalue weighted by atomic mass is 10.2. The highest BCUT2D eigenvalue weighted by molar-refractivity contribution is 6.28. The molecule has 0 saturated heterocycles. The minimum absolute atomic E-state index is 0.301. The highest BCUT2D eigenvalue weighted by Crippen LogP contribution is 2.33. The van der Waals surface area contributed by atoms with E-state index in [2.05, 4.69) is 24.8 Å². The van der Waals surface area contributed by atoms with Crippen molar-refractivity contribution in [3.05, 3.63) is 11.6 Å². The van der Waals surface area contributed by atoms with E-state index < -0.39 is 0 Å². The number of anilines is 1. The van der Waals surface area contributed by atoms with E-state index in [4.69, 9.17) is 11.6 Å². The second-order valence-corrected chi connectivity index (χ2v) is 6.27. The second kappa shape index (κ2) is 4.88. The standard InChI is InChI=1S/C14H18ClN5/c15-14-18-12(16-7-9-5-6-9)11-13(19-14)20(8-17-11)10-3-1-2-4-10/h8-10H,1-7H2,(H,16,18,19). The molecule has 4 rings (SSSR count). The van der Waals surface area contributed by atoms with Crippen molar-refractivity contribution < 1.29 is 0 Å². The van der Waals surface area contributed by atoms with Crippen molar-refractivity contribution in [1.29, 1.82) is 0 Å². The zero-order valence-corrected chi connectivity index (χ0v) is 12.1. The average molecular weight is 292 g/mol. The van der Waals surface area contributed by atoms with E-state index in [-0.39, 0.29) is 0 Å². The number of halogens is 1. The van der Waals surface area contributed by atoms with E-state index in [1.54, 1.807) is 0 Å². The molecular formula is C14H18ClN5. The Morgan fingerprint density at radius 3 is 2.75 bits per heavy atom. The van der Waals surface area contributed by atoms with Gasteiger partial charge in [-0.1, -0.05) is 12.8 Å². The number of fused-ring (bicyclic) bond motifs is 1. The van der Waals surface area contributed by atoms with Crippen LogP contribution in [0, 0.1) is 5.92 Å². The van der Waals surface area contributed by atoms with Crippen LogP contribution in [0.1, 0.15) is 44.6 Å². The van der Waals surface area contributed by atoms with Crippen LogP contribution in [0.5, 0.6) is 0 Å². The van der Waals surface area contributed by atoms with Crippen LogP contribution in [0.15, 0.2) is 6.33 Å². The first-order valence-electron chi connectivity index (χ1n) is 7.45. The molecule has 6 heteroatoms. The number of nitrogens with one attached hydrogen (secondary N) is 1. The van der Waals surface area contributed by atoms with E-state index in [0.29, 0.717) is 11.3 Å². The van der Waals surface area contributed by atoms with Crippen LogP contribution in [0.25, 0.3) is 11.2 Å². The van der Waals surface area contributed by atoms with E-state index >= 15 is 0 Å². The van der Waals surface area contributed by atoms with Gasteiger partial charge >= 0.3 is 0 Å². The number of imidazole rings is 1. The van der Waals surface area contributed by atoms with Crippen LogP contribution in [-0.2, 0) is 0 Å². The van der Waals surface area contributed by atoms with Gasteiger partial charge in [0.05, 0.1) is 6.33 Å². The number of hydrogen-bond donors (Lipinski definition) is 1. The van der Waals surface area contributed by atoms with Gasteiger partial charge in [-0.15, -0.1) is 0 Å². The van der Waals surface area contributed by atoms with Crippen molar-refractivity contribution in [2.45, 2.75) is 44.6 Å². The van der Waals surface area contributed by atoms with Gasteiger partial charge in [-0.3, -0.25) is 0 Å². The van der Waals surface area contributed by atoms with Gasteiger partial charge in [-0.05, 0) is 43.2 Å². The maximum atomic E-state index is 6.09. The molecule has 0 amide bonds. The SMILES string of the molecule is Clc1nc(NCC2CC2)c2ncn(C3CCCC3)c2n1. The predicted molar refractivity (Wildman–Crippen MR) is 79.1 cm³/mol. The molecule has 0 aliphatic heterocycles. The molecule has 0 unspecified atom stereocenters. The van der Waals surface area contributed by atoms with Crippen LogP contribution < -0.4 is 5.32 Å². The molecule has 20 heavy (non-hydrogen) atoms. The van der Waals surface area contributed by atoms with Crippen LogP contribution in [0.3, 0.4) is 0 Å². The van der Waals surface area contributed by atoms with Crippen molar-refractivity contribution in [2.24, 2.45) is 5.92 Å². The van der Waals surface area contributed by atoms with Crippen LogP contribution in [-0.4, -0.2) is 26.1 Å². The number of hydrogen-bond acceptors (Lipinski definition) is 4. The van der Waals surface area contributed by atoms with Crippen molar-refractivity contribution in [3.63, 3.8) is 0 Å². The summed E-state index contributed by atoms with van der Waals surface area (Å²) in [7, 11) is 0. The third kappa shape index (κ3) is 2.24. The van der Waals surface area contributed by atoms with Crippen LogP contribution in [0.4, 0.5) is 5.82 Å². The summed E-state index contributed by atoms with van der Waals surface area (Å²) in [6.45, 7) is 0.957. The van der Waals surface area contributed by atoms with Gasteiger partial charge in [0.15, 0.2) is 17.0 Å². The molecule has 2 saturated carbocycles. The molecule has 2 aliphatic rings. The highest BCUT2D eigenvalue weighted by atomic mass is 35.5. The molecule has 1 N–H and O–H groups in total. The Kier molecular flexibility index (Phi) is 3.02. The Hall–Kier alpha value is -1.36. The van der Waals surface area contributed by atoms with Crippen molar-refractivity contribution in [3.8, 4) is 0 Å². The van der Waals surface area contributed by atoms with E-state index in [1.807, 2.05) is 6.33 Å². The summed E-state index contributed by atoms with van der Waals surface area (Å²) in [4.78, 5) is 13.2. The first-order valence-corrected chi connectivity index (χ1v) is 7.83. The second-order valence-electron chi connectivity index (χ2n) is 5.93. The zero-order chi connectivity index (χ0) is 13.5. The number of rotatable bonds is 4. The summed E-state index contributed by atoms with van der Waals surface area (Å²) in [6.07, 6.45) is 9.51. The van der Waals surface area contributed by atoms with Crippen molar-refractivity contribution in [1.82, 2.24) is 19.5 Å². The molecule has 106 valence electrons. The fraction of sp³-hybridized carbons (Fsp3) is 0.643. The van der Waals surface area contributed by atoms with Crippen molar-refractivity contribution >= 4 is 28.6 Å². The maximum Gasteiger partial charge on any atom is 0.226 e. The molecule has 0 atom stereocenters. The molecule has 5 nitrogen and oxygen atoms in total. The van der Waals surface area contributed by atoms with Gasteiger partial charge in [0.1, 0.15) is 0 Å². The summed E-state index contributed by atoms with van der Waals surface area (Å²) in [5, 5.41) is 3.68. The maximum absolute atomic E-state index is 6.09. The predicted octanol–water partition coefficient (Wildman–Crippen LogP) is 3.42. The summed E-state index contributed by atoms with van der Waals surface area (Å²) < 4.78 is 2.18. The molecule has 2 aromatic heterocycles. The summed E-state index contributed by atoms with van der Waals surface area (Å²) in [5.41, 5.74) is 1.72. The fourth-order valence-corrected chi connectivity index (χ4v) is 3.19. The van der Waals surface area contributed by atoms with E-state index in [0.717, 1.165) is 29.4 Å². The summed E-state index contributed by atoms with van der Waals surface area (Å²) >= 11 is 6.09. The Balaban J connectivity index is 1.71. The molecule has 2 aliphatic carbocycles. The third-order valence-corrected chi connectivity index (χ3v) is 4.54. The Morgan fingerprint density at radius 2 is 2.00 bits per heavy atom. The molecular weight excluding hydrogens is 274 g/mol. The Labute approximate surface area is 122 Å². The summed E-state index contributed by atoms with van der Waals surface area (Å²) in [5.74, 6) is 1.57. The van der Waals surface area contributed by atoms with E-state index in [9.17, 15) is 0 Å². The largest absolute Gasteiger partial charge is 0.368 e. The van der Waals surface area contributed by atoms with Gasteiger partial charge in [-0.25, -0.2) is 4.98 Å². The molecule has 0 radical (unpaired) electrons. The van der Waals surface area contributed by atoms with Gasteiger partial charge in [0, 0.05) is 12.6 Å². The van der Waals surface area contributed by atoms with Gasteiger partial charge in [0.2, 0.25) is 5.28 Å². The molecule has 2 heterocycles. The fourth-order valence-electron chi connectivity index (χ4n) is 3.03. The van der Waals surface area contributed by atoms with E-state index in [1.165, 1.54) is 38.5 Å². The number of aromatic nitrogens is 4. The molecule has 2 aromatic rings. The monoisotopic (exact) mass is 291 g/mol. The quantitative estimate of drug-likeness (QED) is 0.877. The van der Waals surface area contributed by atoms with Gasteiger partial charge in [0.25, 0.3) is 0 Å². The topological polar surface area (TPSA) is 55.6 Å². The molecule has 2 fully saturated rings. The van der Waals surface area contributed by atoms with Crippen molar-refractivity contribution in [2.75, 3.05) is 11.9 Å². The minimum atomic E-state index is 0.301. The molecule has 0 bridgehead atoms. The highest BCUT2D eigenvalue weighted by Gasteiger charge is 2.24. The Bertz CT molecular complexity index is 628. The Morgan fingerprint density at radius 1 is 1.20 bits per heavy atom. The zero-order valence-electron chi connectivity index (χ0n) is 11.3. The van der Waals surface area contributed by atoms with Gasteiger partial charge in [-0.2, -0.15) is 9.97 Å². The lowest BCUT2D eigenvalue weighted by molar-refractivity contribution is 0.529. The van der Waals surface area contributed by atoms with Crippen LogP contribution in [0.2, 0.25) is 5.28 Å². The molecule has 0 aromatic carbocycles. The summed E-state index contributed by atoms with van der Waals surface area (Å²) in [6, 6.07) is 0.516. The normalized spacial score (nSPS) is 19.9.